The minimum absolute atomic E-state index is 0.00607. The van der Waals surface area contributed by atoms with Crippen molar-refractivity contribution < 1.29 is 19.4 Å². The van der Waals surface area contributed by atoms with Crippen LogP contribution in [0.25, 0.3) is 0 Å². The molecule has 0 atom stereocenters. The molecule has 0 unspecified atom stereocenters. The smallest absolute Gasteiger partial charge is 0.337 e. The normalized spacial score (nSPS) is 10.2. The van der Waals surface area contributed by atoms with Gasteiger partial charge in [0.1, 0.15) is 5.75 Å². The van der Waals surface area contributed by atoms with Crippen LogP contribution in [0.1, 0.15) is 22.8 Å². The zero-order valence-electron chi connectivity index (χ0n) is 14.2. The predicted octanol–water partition coefficient (Wildman–Crippen LogP) is 4.05. The van der Waals surface area contributed by atoms with Gasteiger partial charge in [0.2, 0.25) is 0 Å². The Kier molecular flexibility index (Phi) is 8.23. The van der Waals surface area contributed by atoms with Gasteiger partial charge in [-0.2, -0.15) is 0 Å². The van der Waals surface area contributed by atoms with Crippen LogP contribution < -0.4 is 15.4 Å². The van der Waals surface area contributed by atoms with E-state index in [2.05, 4.69) is 17.6 Å². The monoisotopic (exact) mass is 610 g/mol. The first-order chi connectivity index (χ1) is 12.8. The first kappa shape index (κ1) is 21.8. The summed E-state index contributed by atoms with van der Waals surface area (Å²) in [7, 11) is 0. The number of amides is 1. The maximum atomic E-state index is 12.0. The van der Waals surface area contributed by atoms with E-state index in [1.54, 1.807) is 12.1 Å². The second-order valence-electron chi connectivity index (χ2n) is 5.40. The first-order valence-electron chi connectivity index (χ1n) is 7.85. The zero-order valence-corrected chi connectivity index (χ0v) is 19.3. The molecule has 1 amide bonds. The second kappa shape index (κ2) is 10.2. The number of carboxylic acid groups (broad SMARTS) is 1. The SMILES string of the molecule is CCc1ccc(OCC(=O)NC(=S)Nc2c(I)cc(I)cc2C(=O)O)cc1. The van der Waals surface area contributed by atoms with Gasteiger partial charge in [-0.1, -0.05) is 19.1 Å². The summed E-state index contributed by atoms with van der Waals surface area (Å²) in [5, 5.41) is 14.6. The molecule has 3 N–H and O–H groups in total. The van der Waals surface area contributed by atoms with Gasteiger partial charge in [-0.15, -0.1) is 0 Å². The van der Waals surface area contributed by atoms with Crippen molar-refractivity contribution in [3.8, 4) is 5.75 Å². The van der Waals surface area contributed by atoms with Gasteiger partial charge in [-0.25, -0.2) is 4.79 Å². The van der Waals surface area contributed by atoms with Gasteiger partial charge < -0.3 is 15.2 Å². The molecule has 0 spiro atoms. The van der Waals surface area contributed by atoms with Crippen molar-refractivity contribution in [2.45, 2.75) is 13.3 Å². The highest BCUT2D eigenvalue weighted by Crippen LogP contribution is 2.26. The van der Waals surface area contributed by atoms with E-state index in [0.29, 0.717) is 15.0 Å². The number of aryl methyl sites for hydroxylation is 1. The fourth-order valence-corrected chi connectivity index (χ4v) is 4.34. The van der Waals surface area contributed by atoms with Crippen LogP contribution in [0.2, 0.25) is 0 Å². The number of benzene rings is 2. The molecule has 0 aliphatic rings. The van der Waals surface area contributed by atoms with Crippen LogP contribution >= 0.6 is 57.4 Å². The maximum absolute atomic E-state index is 12.0. The molecule has 2 aromatic rings. The molecular formula is C18H16I2N2O4S. The standard InChI is InChI=1S/C18H16I2N2O4S/c1-2-10-3-5-12(6-4-10)26-9-15(23)21-18(27)22-16-13(17(24)25)7-11(19)8-14(16)20/h3-8H,2,9H2,1H3,(H,24,25)(H2,21,22,23,27). The van der Waals surface area contributed by atoms with Crippen LogP contribution in [0.5, 0.6) is 5.75 Å². The number of hydrogen-bond acceptors (Lipinski definition) is 4. The third-order valence-corrected chi connectivity index (χ3v) is 5.16. The molecule has 0 saturated heterocycles. The molecule has 6 nitrogen and oxygen atoms in total. The van der Waals surface area contributed by atoms with Crippen molar-refractivity contribution >= 4 is 80.1 Å². The lowest BCUT2D eigenvalue weighted by Crippen LogP contribution is -2.37. The lowest BCUT2D eigenvalue weighted by molar-refractivity contribution is -0.121. The molecule has 9 heteroatoms. The number of carboxylic acids is 1. The largest absolute Gasteiger partial charge is 0.484 e. The zero-order chi connectivity index (χ0) is 20.0. The van der Waals surface area contributed by atoms with E-state index in [1.807, 2.05) is 63.4 Å². The fourth-order valence-electron chi connectivity index (χ4n) is 2.15. The molecule has 0 radical (unpaired) electrons. The maximum Gasteiger partial charge on any atom is 0.337 e. The number of halogens is 2. The van der Waals surface area contributed by atoms with Crippen LogP contribution in [0.4, 0.5) is 5.69 Å². The Morgan fingerprint density at radius 3 is 2.44 bits per heavy atom. The second-order valence-corrected chi connectivity index (χ2v) is 8.22. The van der Waals surface area contributed by atoms with Crippen LogP contribution in [-0.4, -0.2) is 28.7 Å². The molecule has 0 fully saturated rings. The molecule has 0 saturated carbocycles. The summed E-state index contributed by atoms with van der Waals surface area (Å²) in [6, 6.07) is 10.8. The number of carbonyl (C=O) groups is 2. The molecule has 0 aromatic heterocycles. The third kappa shape index (κ3) is 6.57. The van der Waals surface area contributed by atoms with Crippen molar-refractivity contribution in [3.05, 3.63) is 54.7 Å². The van der Waals surface area contributed by atoms with Gasteiger partial charge in [0.05, 0.1) is 11.3 Å². The topological polar surface area (TPSA) is 87.7 Å². The number of nitrogens with one attached hydrogen (secondary N) is 2. The van der Waals surface area contributed by atoms with Crippen molar-refractivity contribution in [3.63, 3.8) is 0 Å². The number of rotatable bonds is 6. The van der Waals surface area contributed by atoms with E-state index >= 15 is 0 Å². The summed E-state index contributed by atoms with van der Waals surface area (Å²) in [4.78, 5) is 23.5. The minimum Gasteiger partial charge on any atom is -0.484 e. The van der Waals surface area contributed by atoms with Crippen molar-refractivity contribution in [1.82, 2.24) is 5.32 Å². The van der Waals surface area contributed by atoms with Crippen LogP contribution in [-0.2, 0) is 11.2 Å². The number of thiocarbonyl (C=S) groups is 1. The van der Waals surface area contributed by atoms with Crippen LogP contribution in [0.3, 0.4) is 0 Å². The third-order valence-electron chi connectivity index (χ3n) is 3.48. The van der Waals surface area contributed by atoms with Gasteiger partial charge in [-0.05, 0) is 93.6 Å². The Bertz CT molecular complexity index is 872. The summed E-state index contributed by atoms with van der Waals surface area (Å²) in [5.74, 6) is -0.937. The number of hydrogen-bond donors (Lipinski definition) is 3. The molecule has 0 heterocycles. The Morgan fingerprint density at radius 2 is 1.85 bits per heavy atom. The summed E-state index contributed by atoms with van der Waals surface area (Å²) in [6.07, 6.45) is 0.927. The van der Waals surface area contributed by atoms with E-state index in [0.717, 1.165) is 9.99 Å². The minimum atomic E-state index is -1.08. The molecular weight excluding hydrogens is 594 g/mol. The van der Waals surface area contributed by atoms with E-state index in [-0.39, 0.29) is 17.3 Å². The Morgan fingerprint density at radius 1 is 1.19 bits per heavy atom. The van der Waals surface area contributed by atoms with E-state index in [4.69, 9.17) is 17.0 Å². The summed E-state index contributed by atoms with van der Waals surface area (Å²) in [6.45, 7) is 1.85. The number of anilines is 1. The van der Waals surface area contributed by atoms with Gasteiger partial charge >= 0.3 is 5.97 Å². The molecule has 0 aliphatic heterocycles. The quantitative estimate of drug-likeness (QED) is 0.338. The average Bonchev–Trinajstić information content (AvgIpc) is 2.62. The van der Waals surface area contributed by atoms with E-state index < -0.39 is 11.9 Å². The Labute approximate surface area is 189 Å². The first-order valence-corrected chi connectivity index (χ1v) is 10.4. The van der Waals surface area contributed by atoms with Crippen LogP contribution in [0.15, 0.2) is 36.4 Å². The molecule has 0 bridgehead atoms. The number of carbonyl (C=O) groups excluding carboxylic acids is 1. The Balaban J connectivity index is 1.95. The van der Waals surface area contributed by atoms with Gasteiger partial charge in [0.25, 0.3) is 5.91 Å². The number of ether oxygens (including phenoxy) is 1. The van der Waals surface area contributed by atoms with Gasteiger partial charge in [0, 0.05) is 7.14 Å². The predicted molar refractivity (Wildman–Crippen MR) is 125 cm³/mol. The van der Waals surface area contributed by atoms with E-state index in [1.165, 1.54) is 11.6 Å². The van der Waals surface area contributed by atoms with Gasteiger partial charge in [0.15, 0.2) is 11.7 Å². The highest BCUT2D eigenvalue weighted by molar-refractivity contribution is 14.1. The lowest BCUT2D eigenvalue weighted by Gasteiger charge is -2.14. The molecule has 2 rings (SSSR count). The molecule has 2 aromatic carbocycles. The summed E-state index contributed by atoms with van der Waals surface area (Å²) >= 11 is 9.17. The van der Waals surface area contributed by atoms with Crippen molar-refractivity contribution in [2.75, 3.05) is 11.9 Å². The van der Waals surface area contributed by atoms with Crippen molar-refractivity contribution in [2.24, 2.45) is 0 Å². The van der Waals surface area contributed by atoms with E-state index in [9.17, 15) is 14.7 Å². The number of aromatic carboxylic acids is 1. The Hall–Kier alpha value is -1.47. The average molecular weight is 610 g/mol. The fraction of sp³-hybridized carbons (Fsp3) is 0.167. The summed E-state index contributed by atoms with van der Waals surface area (Å²) in [5.41, 5.74) is 1.60. The van der Waals surface area contributed by atoms with Crippen molar-refractivity contribution in [1.29, 1.82) is 0 Å². The summed E-state index contributed by atoms with van der Waals surface area (Å²) < 4.78 is 6.89. The van der Waals surface area contributed by atoms with Crippen LogP contribution in [0, 0.1) is 7.14 Å². The molecule has 142 valence electrons. The highest BCUT2D eigenvalue weighted by Gasteiger charge is 2.16. The molecule has 27 heavy (non-hydrogen) atoms. The highest BCUT2D eigenvalue weighted by atomic mass is 127. The lowest BCUT2D eigenvalue weighted by atomic mass is 10.2. The molecule has 0 aliphatic carbocycles. The van der Waals surface area contributed by atoms with Gasteiger partial charge in [-0.3, -0.25) is 10.1 Å².